The first-order valence-corrected chi connectivity index (χ1v) is 12.4. The Morgan fingerprint density at radius 2 is 1.88 bits per heavy atom. The van der Waals surface area contributed by atoms with Crippen molar-refractivity contribution < 1.29 is 19.1 Å². The molecule has 0 aliphatic carbocycles. The number of hydrogen-bond acceptors (Lipinski definition) is 5. The van der Waals surface area contributed by atoms with Gasteiger partial charge < -0.3 is 19.3 Å². The zero-order valence-corrected chi connectivity index (χ0v) is 20.4. The number of nitrogens with zero attached hydrogens (tertiary/aromatic N) is 2. The molecule has 0 saturated heterocycles. The molecule has 2 aliphatic rings. The maximum absolute atomic E-state index is 13.8. The first-order chi connectivity index (χ1) is 16.4. The highest BCUT2D eigenvalue weighted by Crippen LogP contribution is 2.39. The van der Waals surface area contributed by atoms with Crippen LogP contribution in [0.15, 0.2) is 53.9 Å². The monoisotopic (exact) mass is 476 g/mol. The molecule has 34 heavy (non-hydrogen) atoms. The third-order valence-corrected chi connectivity index (χ3v) is 7.58. The van der Waals surface area contributed by atoms with Crippen molar-refractivity contribution >= 4 is 23.2 Å². The fourth-order valence-electron chi connectivity index (χ4n) is 4.73. The number of ether oxygens (including phenoxy) is 2. The molecule has 0 bridgehead atoms. The average Bonchev–Trinajstić information content (AvgIpc) is 3.50. The highest BCUT2D eigenvalue weighted by atomic mass is 32.1. The van der Waals surface area contributed by atoms with Gasteiger partial charge in [0.2, 0.25) is 12.7 Å². The Labute approximate surface area is 203 Å². The highest BCUT2D eigenvalue weighted by molar-refractivity contribution is 7.10. The summed E-state index contributed by atoms with van der Waals surface area (Å²) in [5.74, 6) is 0.946. The number of thiophene rings is 1. The molecule has 0 N–H and O–H groups in total. The molecule has 2 aromatic carbocycles. The number of carbonyl (C=O) groups is 2. The van der Waals surface area contributed by atoms with Gasteiger partial charge in [-0.15, -0.1) is 11.3 Å². The molecule has 1 unspecified atom stereocenters. The van der Waals surface area contributed by atoms with Crippen molar-refractivity contribution in [2.45, 2.75) is 39.3 Å². The number of benzene rings is 2. The lowest BCUT2D eigenvalue weighted by Gasteiger charge is -2.38. The number of carbonyl (C=O) groups excluding carboxylic acids is 2. The van der Waals surface area contributed by atoms with E-state index in [1.807, 2.05) is 30.9 Å². The third kappa shape index (κ3) is 4.05. The quantitative estimate of drug-likeness (QED) is 0.530. The fourth-order valence-corrected chi connectivity index (χ4v) is 5.64. The fraction of sp³-hybridized carbons (Fsp3) is 0.333. The molecular weight excluding hydrogens is 448 g/mol. The molecule has 176 valence electrons. The van der Waals surface area contributed by atoms with E-state index in [2.05, 4.69) is 30.5 Å². The Morgan fingerprint density at radius 3 is 2.68 bits per heavy atom. The van der Waals surface area contributed by atoms with Gasteiger partial charge >= 0.3 is 0 Å². The molecule has 2 aliphatic heterocycles. The normalized spacial score (nSPS) is 16.5. The lowest BCUT2D eigenvalue weighted by atomic mass is 9.90. The van der Waals surface area contributed by atoms with Crippen molar-refractivity contribution in [3.63, 3.8) is 0 Å². The second kappa shape index (κ2) is 9.14. The molecule has 0 radical (unpaired) electrons. The molecule has 6 nitrogen and oxygen atoms in total. The smallest absolute Gasteiger partial charge is 0.254 e. The summed E-state index contributed by atoms with van der Waals surface area (Å²) in [6.07, 6.45) is 0.832. The van der Waals surface area contributed by atoms with Crippen LogP contribution in [0.2, 0.25) is 0 Å². The van der Waals surface area contributed by atoms with Gasteiger partial charge in [0.05, 0.1) is 6.04 Å². The van der Waals surface area contributed by atoms with Crippen molar-refractivity contribution in [1.29, 1.82) is 0 Å². The summed E-state index contributed by atoms with van der Waals surface area (Å²) in [5, 5.41) is 2.10. The predicted octanol–water partition coefficient (Wildman–Crippen LogP) is 4.81. The summed E-state index contributed by atoms with van der Waals surface area (Å²) in [6.45, 7) is 6.76. The van der Waals surface area contributed by atoms with Gasteiger partial charge in [-0.25, -0.2) is 0 Å². The molecule has 0 fully saturated rings. The van der Waals surface area contributed by atoms with Gasteiger partial charge in [0.1, 0.15) is 6.54 Å². The molecule has 1 atom stereocenters. The summed E-state index contributed by atoms with van der Waals surface area (Å²) >= 11 is 1.75. The van der Waals surface area contributed by atoms with E-state index >= 15 is 0 Å². The van der Waals surface area contributed by atoms with Gasteiger partial charge in [-0.05, 0) is 73.5 Å². The average molecular weight is 477 g/mol. The van der Waals surface area contributed by atoms with Crippen molar-refractivity contribution in [3.05, 3.63) is 81.0 Å². The Kier molecular flexibility index (Phi) is 6.04. The lowest BCUT2D eigenvalue weighted by molar-refractivity contribution is -0.134. The molecule has 0 saturated carbocycles. The van der Waals surface area contributed by atoms with Crippen LogP contribution in [-0.4, -0.2) is 47.5 Å². The molecule has 5 rings (SSSR count). The zero-order valence-electron chi connectivity index (χ0n) is 19.6. The number of amides is 2. The Balaban J connectivity index is 1.43. The summed E-state index contributed by atoms with van der Waals surface area (Å²) in [6, 6.07) is 15.2. The topological polar surface area (TPSA) is 59.1 Å². The summed E-state index contributed by atoms with van der Waals surface area (Å²) in [4.78, 5) is 32.1. The first-order valence-electron chi connectivity index (χ1n) is 11.6. The maximum Gasteiger partial charge on any atom is 0.254 e. The van der Waals surface area contributed by atoms with E-state index < -0.39 is 0 Å². The Bertz CT molecular complexity index is 1230. The largest absolute Gasteiger partial charge is 0.454 e. The summed E-state index contributed by atoms with van der Waals surface area (Å²) < 4.78 is 10.8. The lowest BCUT2D eigenvalue weighted by Crippen LogP contribution is -2.48. The molecule has 7 heteroatoms. The van der Waals surface area contributed by atoms with Crippen LogP contribution in [0.25, 0.3) is 0 Å². The summed E-state index contributed by atoms with van der Waals surface area (Å²) in [5.41, 5.74) is 3.96. The summed E-state index contributed by atoms with van der Waals surface area (Å²) in [7, 11) is 0. The van der Waals surface area contributed by atoms with Crippen molar-refractivity contribution in [2.75, 3.05) is 19.9 Å². The molecule has 3 heterocycles. The van der Waals surface area contributed by atoms with Crippen molar-refractivity contribution in [1.82, 2.24) is 9.80 Å². The van der Waals surface area contributed by atoms with Crippen molar-refractivity contribution in [2.24, 2.45) is 0 Å². The van der Waals surface area contributed by atoms with Gasteiger partial charge in [-0.2, -0.15) is 0 Å². The number of fused-ring (bicyclic) bond motifs is 2. The van der Waals surface area contributed by atoms with Crippen molar-refractivity contribution in [3.8, 4) is 11.5 Å². The van der Waals surface area contributed by atoms with E-state index in [4.69, 9.17) is 9.47 Å². The van der Waals surface area contributed by atoms with E-state index in [0.29, 0.717) is 23.6 Å². The standard InChI is InChI=1S/C27H28N2O4S/c1-17(2)29(27(31)19-8-9-22-23(14-19)33-16-32-22)15-25(30)28-12-10-24-21(11-13-34-24)26(28)20-7-5-4-6-18(20)3/h4-9,11,13-14,17,26H,10,12,15-16H2,1-3H3. The third-order valence-electron chi connectivity index (χ3n) is 6.58. The van der Waals surface area contributed by atoms with Crippen LogP contribution in [0.4, 0.5) is 0 Å². The van der Waals surface area contributed by atoms with Crippen LogP contribution in [0, 0.1) is 6.92 Å². The second-order valence-corrected chi connectivity index (χ2v) is 9.99. The van der Waals surface area contributed by atoms with E-state index in [1.54, 1.807) is 34.4 Å². The van der Waals surface area contributed by atoms with Crippen LogP contribution in [0.1, 0.15) is 51.8 Å². The minimum absolute atomic E-state index is 0.0206. The van der Waals surface area contributed by atoms with E-state index in [9.17, 15) is 9.59 Å². The van der Waals surface area contributed by atoms with Gasteiger partial charge in [-0.3, -0.25) is 9.59 Å². The van der Waals surface area contributed by atoms with Crippen LogP contribution < -0.4 is 9.47 Å². The van der Waals surface area contributed by atoms with E-state index in [0.717, 1.165) is 17.5 Å². The van der Waals surface area contributed by atoms with Crippen LogP contribution >= 0.6 is 11.3 Å². The minimum atomic E-state index is -0.192. The van der Waals surface area contributed by atoms with Gasteiger partial charge in [-0.1, -0.05) is 24.3 Å². The highest BCUT2D eigenvalue weighted by Gasteiger charge is 2.35. The van der Waals surface area contributed by atoms with Crippen LogP contribution in [0.5, 0.6) is 11.5 Å². The number of hydrogen-bond donors (Lipinski definition) is 0. The van der Waals surface area contributed by atoms with Gasteiger partial charge in [0, 0.05) is 23.0 Å². The minimum Gasteiger partial charge on any atom is -0.454 e. The molecule has 2 amide bonds. The molecule has 0 spiro atoms. The second-order valence-electron chi connectivity index (χ2n) is 8.99. The molecular formula is C27H28N2O4S. The van der Waals surface area contributed by atoms with Gasteiger partial charge in [0.25, 0.3) is 5.91 Å². The Morgan fingerprint density at radius 1 is 1.09 bits per heavy atom. The first kappa shape index (κ1) is 22.5. The SMILES string of the molecule is Cc1ccccc1C1c2ccsc2CCN1C(=O)CN(C(=O)c1ccc2c(c1)OCO2)C(C)C. The molecule has 1 aromatic heterocycles. The Hall–Kier alpha value is -3.32. The van der Waals surface area contributed by atoms with E-state index in [-0.39, 0.29) is 37.2 Å². The predicted molar refractivity (Wildman–Crippen MR) is 131 cm³/mol. The van der Waals surface area contributed by atoms with Gasteiger partial charge in [0.15, 0.2) is 11.5 Å². The number of rotatable bonds is 5. The van der Waals surface area contributed by atoms with Crippen LogP contribution in [0.3, 0.4) is 0 Å². The van der Waals surface area contributed by atoms with E-state index in [1.165, 1.54) is 10.4 Å². The zero-order chi connectivity index (χ0) is 23.8. The van der Waals surface area contributed by atoms with Crippen LogP contribution in [-0.2, 0) is 11.2 Å². The maximum atomic E-state index is 13.8. The number of aryl methyl sites for hydroxylation is 1. The molecule has 3 aromatic rings.